The smallest absolute Gasteiger partial charge is 0.0991 e. The molecule has 1 unspecified atom stereocenters. The summed E-state index contributed by atoms with van der Waals surface area (Å²) >= 11 is 0. The fourth-order valence-electron chi connectivity index (χ4n) is 2.15. The first kappa shape index (κ1) is 11.0. The molecule has 0 spiro atoms. The minimum Gasteiger partial charge on any atom is -0.374 e. The third-order valence-electron chi connectivity index (χ3n) is 3.13. The summed E-state index contributed by atoms with van der Waals surface area (Å²) in [6.07, 6.45) is 1.26. The second-order valence-electron chi connectivity index (χ2n) is 4.40. The monoisotopic (exact) mass is 215 g/mol. The summed E-state index contributed by atoms with van der Waals surface area (Å²) in [5.74, 6) is 0.751. The summed E-state index contributed by atoms with van der Waals surface area (Å²) in [6, 6.07) is 9.91. The van der Waals surface area contributed by atoms with Crippen LogP contribution in [0.1, 0.15) is 12.0 Å². The number of hydrogen-bond donors (Lipinski definition) is 1. The van der Waals surface area contributed by atoms with Gasteiger partial charge in [0.2, 0.25) is 0 Å². The van der Waals surface area contributed by atoms with E-state index in [1.807, 2.05) is 24.3 Å². The molecule has 1 saturated heterocycles. The van der Waals surface area contributed by atoms with Gasteiger partial charge in [-0.1, -0.05) is 0 Å². The maximum absolute atomic E-state index is 8.73. The first-order valence-corrected chi connectivity index (χ1v) is 5.71. The maximum Gasteiger partial charge on any atom is 0.0991 e. The van der Waals surface area contributed by atoms with Crippen molar-refractivity contribution in [2.24, 2.45) is 5.92 Å². The van der Waals surface area contributed by atoms with Gasteiger partial charge in [0.15, 0.2) is 0 Å². The van der Waals surface area contributed by atoms with Gasteiger partial charge in [0, 0.05) is 19.3 Å². The summed E-state index contributed by atoms with van der Waals surface area (Å²) in [5, 5.41) is 12.1. The molecule has 1 aliphatic heterocycles. The van der Waals surface area contributed by atoms with E-state index in [4.69, 9.17) is 5.26 Å². The van der Waals surface area contributed by atoms with Crippen LogP contribution in [0.3, 0.4) is 0 Å². The summed E-state index contributed by atoms with van der Waals surface area (Å²) in [6.45, 7) is 3.35. The zero-order valence-electron chi connectivity index (χ0n) is 9.61. The minimum atomic E-state index is 0.722. The van der Waals surface area contributed by atoms with E-state index in [0.29, 0.717) is 0 Å². The summed E-state index contributed by atoms with van der Waals surface area (Å²) in [7, 11) is 2.11. The third kappa shape index (κ3) is 2.53. The highest BCUT2D eigenvalue weighted by Crippen LogP contribution is 2.17. The standard InChI is InChI=1S/C13H17N3/c1-16(10-12-6-7-15-9-12)13-4-2-11(8-14)3-5-13/h2-5,12,15H,6-7,9-10H2,1H3. The van der Waals surface area contributed by atoms with Crippen LogP contribution < -0.4 is 10.2 Å². The lowest BCUT2D eigenvalue weighted by Gasteiger charge is -2.22. The van der Waals surface area contributed by atoms with Crippen molar-refractivity contribution in [3.63, 3.8) is 0 Å². The van der Waals surface area contributed by atoms with Crippen molar-refractivity contribution in [1.29, 1.82) is 5.26 Å². The molecule has 1 aromatic rings. The molecule has 1 atom stereocenters. The van der Waals surface area contributed by atoms with Crippen molar-refractivity contribution < 1.29 is 0 Å². The summed E-state index contributed by atoms with van der Waals surface area (Å²) in [4.78, 5) is 2.26. The Bertz CT molecular complexity index is 371. The molecule has 1 N–H and O–H groups in total. The number of nitrogens with one attached hydrogen (secondary N) is 1. The van der Waals surface area contributed by atoms with Crippen LogP contribution in [-0.2, 0) is 0 Å². The molecule has 16 heavy (non-hydrogen) atoms. The largest absolute Gasteiger partial charge is 0.374 e. The van der Waals surface area contributed by atoms with Crippen LogP contribution in [0.4, 0.5) is 5.69 Å². The molecule has 0 amide bonds. The normalized spacial score (nSPS) is 19.4. The van der Waals surface area contributed by atoms with Gasteiger partial charge in [-0.2, -0.15) is 5.26 Å². The Hall–Kier alpha value is -1.53. The van der Waals surface area contributed by atoms with Gasteiger partial charge < -0.3 is 10.2 Å². The van der Waals surface area contributed by atoms with Crippen LogP contribution in [0.25, 0.3) is 0 Å². The average molecular weight is 215 g/mol. The van der Waals surface area contributed by atoms with Gasteiger partial charge in [-0.3, -0.25) is 0 Å². The molecular weight excluding hydrogens is 198 g/mol. The maximum atomic E-state index is 8.73. The Kier molecular flexibility index (Phi) is 3.43. The average Bonchev–Trinajstić information content (AvgIpc) is 2.82. The van der Waals surface area contributed by atoms with Crippen LogP contribution in [-0.4, -0.2) is 26.7 Å². The number of nitriles is 1. The van der Waals surface area contributed by atoms with E-state index in [0.717, 1.165) is 31.1 Å². The van der Waals surface area contributed by atoms with E-state index in [1.54, 1.807) is 0 Å². The number of anilines is 1. The van der Waals surface area contributed by atoms with Crippen molar-refractivity contribution in [3.05, 3.63) is 29.8 Å². The lowest BCUT2D eigenvalue weighted by Crippen LogP contribution is -2.26. The predicted octanol–water partition coefficient (Wildman–Crippen LogP) is 1.60. The van der Waals surface area contributed by atoms with Gasteiger partial charge in [-0.05, 0) is 49.7 Å². The van der Waals surface area contributed by atoms with E-state index in [9.17, 15) is 0 Å². The molecule has 0 aromatic heterocycles. The highest BCUT2D eigenvalue weighted by Gasteiger charge is 2.16. The van der Waals surface area contributed by atoms with E-state index in [-0.39, 0.29) is 0 Å². The zero-order chi connectivity index (χ0) is 11.4. The molecule has 0 bridgehead atoms. The molecule has 0 saturated carbocycles. The Morgan fingerprint density at radius 1 is 1.44 bits per heavy atom. The van der Waals surface area contributed by atoms with Crippen molar-refractivity contribution in [2.45, 2.75) is 6.42 Å². The van der Waals surface area contributed by atoms with Gasteiger partial charge in [-0.15, -0.1) is 0 Å². The third-order valence-corrected chi connectivity index (χ3v) is 3.13. The Labute approximate surface area is 96.7 Å². The topological polar surface area (TPSA) is 39.1 Å². The molecule has 1 heterocycles. The lowest BCUT2D eigenvalue weighted by molar-refractivity contribution is 0.578. The molecule has 2 rings (SSSR count). The minimum absolute atomic E-state index is 0.722. The van der Waals surface area contributed by atoms with Crippen LogP contribution in [0.2, 0.25) is 0 Å². The van der Waals surface area contributed by atoms with Gasteiger partial charge in [0.05, 0.1) is 11.6 Å². The van der Waals surface area contributed by atoms with E-state index >= 15 is 0 Å². The molecule has 3 nitrogen and oxygen atoms in total. The molecule has 0 aliphatic carbocycles. The fourth-order valence-corrected chi connectivity index (χ4v) is 2.15. The second-order valence-corrected chi connectivity index (χ2v) is 4.40. The number of nitrogens with zero attached hydrogens (tertiary/aromatic N) is 2. The Morgan fingerprint density at radius 2 is 2.19 bits per heavy atom. The second kappa shape index (κ2) is 5.00. The van der Waals surface area contributed by atoms with Gasteiger partial charge >= 0.3 is 0 Å². The fraction of sp³-hybridized carbons (Fsp3) is 0.462. The lowest BCUT2D eigenvalue weighted by atomic mass is 10.1. The van der Waals surface area contributed by atoms with Crippen molar-refractivity contribution in [1.82, 2.24) is 5.32 Å². The molecule has 1 aromatic carbocycles. The molecular formula is C13H17N3. The van der Waals surface area contributed by atoms with Crippen molar-refractivity contribution >= 4 is 5.69 Å². The zero-order valence-corrected chi connectivity index (χ0v) is 9.61. The summed E-state index contributed by atoms with van der Waals surface area (Å²) in [5.41, 5.74) is 1.91. The van der Waals surface area contributed by atoms with Gasteiger partial charge in [0.1, 0.15) is 0 Å². The molecule has 0 radical (unpaired) electrons. The molecule has 1 fully saturated rings. The molecule has 3 heteroatoms. The SMILES string of the molecule is CN(CC1CCNC1)c1ccc(C#N)cc1. The van der Waals surface area contributed by atoms with Crippen LogP contribution in [0, 0.1) is 17.2 Å². The highest BCUT2D eigenvalue weighted by molar-refractivity contribution is 5.49. The van der Waals surface area contributed by atoms with Crippen LogP contribution in [0.5, 0.6) is 0 Å². The van der Waals surface area contributed by atoms with E-state index in [2.05, 4.69) is 23.3 Å². The van der Waals surface area contributed by atoms with Crippen molar-refractivity contribution in [3.8, 4) is 6.07 Å². The Morgan fingerprint density at radius 3 is 2.75 bits per heavy atom. The van der Waals surface area contributed by atoms with E-state index < -0.39 is 0 Å². The van der Waals surface area contributed by atoms with Gasteiger partial charge in [0.25, 0.3) is 0 Å². The van der Waals surface area contributed by atoms with Crippen LogP contribution >= 0.6 is 0 Å². The number of rotatable bonds is 3. The van der Waals surface area contributed by atoms with Crippen LogP contribution in [0.15, 0.2) is 24.3 Å². The van der Waals surface area contributed by atoms with Gasteiger partial charge in [-0.25, -0.2) is 0 Å². The quantitative estimate of drug-likeness (QED) is 0.832. The highest BCUT2D eigenvalue weighted by atomic mass is 15.1. The molecule has 1 aliphatic rings. The number of hydrogen-bond acceptors (Lipinski definition) is 3. The summed E-state index contributed by atoms with van der Waals surface area (Å²) < 4.78 is 0. The first-order chi connectivity index (χ1) is 7.79. The predicted molar refractivity (Wildman–Crippen MR) is 65.4 cm³/mol. The molecule has 84 valence electrons. The number of benzene rings is 1. The van der Waals surface area contributed by atoms with E-state index in [1.165, 1.54) is 12.1 Å². The Balaban J connectivity index is 1.97. The van der Waals surface area contributed by atoms with Crippen molar-refractivity contribution in [2.75, 3.05) is 31.6 Å². The first-order valence-electron chi connectivity index (χ1n) is 5.71.